The number of rotatable bonds is 6. The highest BCUT2D eigenvalue weighted by atomic mass is 32.2. The van der Waals surface area contributed by atoms with Crippen molar-refractivity contribution in [2.75, 3.05) is 26.5 Å². The summed E-state index contributed by atoms with van der Waals surface area (Å²) in [6, 6.07) is 2.73. The van der Waals surface area contributed by atoms with Crippen LogP contribution in [-0.4, -0.2) is 143 Å². The number of carbonyl (C=O) groups excluding carboxylic acids is 5. The molecule has 2 saturated heterocycles. The van der Waals surface area contributed by atoms with Gasteiger partial charge in [-0.1, -0.05) is 11.8 Å². The number of aliphatic imine (C=N–C) groups is 3. The predicted molar refractivity (Wildman–Crippen MR) is 233 cm³/mol. The number of nitrogens with zero attached hydrogens (tertiary/aromatic N) is 6. The predicted octanol–water partition coefficient (Wildman–Crippen LogP) is 5.44. The van der Waals surface area contributed by atoms with Gasteiger partial charge in [-0.2, -0.15) is 0 Å². The number of guanidine groups is 2. The molecule has 2 fully saturated rings. The van der Waals surface area contributed by atoms with Crippen LogP contribution in [0.2, 0.25) is 0 Å². The summed E-state index contributed by atoms with van der Waals surface area (Å²) >= 11 is 0.925. The Bertz CT molecular complexity index is 2140. The van der Waals surface area contributed by atoms with Crippen molar-refractivity contribution in [3.63, 3.8) is 0 Å². The minimum absolute atomic E-state index is 0.0339. The van der Waals surface area contributed by atoms with Gasteiger partial charge in [0.05, 0.1) is 24.6 Å². The highest BCUT2D eigenvalue weighted by molar-refractivity contribution is 8.14. The molecule has 1 aromatic carbocycles. The van der Waals surface area contributed by atoms with Crippen LogP contribution in [0.5, 0.6) is 5.75 Å². The zero-order valence-electron chi connectivity index (χ0n) is 38.5. The van der Waals surface area contributed by atoms with Gasteiger partial charge in [0.15, 0.2) is 10.8 Å². The second kappa shape index (κ2) is 18.4. The maximum Gasteiger partial charge on any atom is 0.437 e. The zero-order chi connectivity index (χ0) is 47.7. The number of esters is 1. The molecule has 2 N–H and O–H groups in total. The average molecular weight is 925 g/mol. The molecule has 21 nitrogen and oxygen atoms in total. The molecule has 0 aliphatic carbocycles. The van der Waals surface area contributed by atoms with Gasteiger partial charge >= 0.3 is 30.3 Å². The third kappa shape index (κ3) is 12.2. The van der Waals surface area contributed by atoms with Crippen molar-refractivity contribution < 1.29 is 60.8 Å². The van der Waals surface area contributed by atoms with E-state index in [2.05, 4.69) is 20.0 Å². The molecule has 3 aliphatic rings. The Morgan fingerprint density at radius 2 is 1.41 bits per heavy atom. The number of carbonyl (C=O) groups is 5. The van der Waals surface area contributed by atoms with E-state index in [1.54, 1.807) is 89.3 Å². The standard InChI is InChI=1S/C40H60N8O13S2/c1-23(49)57-27-20-21-46-31(44-33(51)59-37(5,6)7)47(34(52)60-38(8,9)10)26(22-41-30(62-15)45-63(54,55)25-18-16-24(56-14)17-19-25)28-40(27,46)48(35(53)61-39(11,12)13)29(42-28)43-32(50)58-36(2,3)4/h16-19,26-28H,20-22H2,1-15H3,(H,41,45)(H,42,43,50)/b44-31+/t26-,27-,28-,40-/m0/s1. The number of ether oxygens (including phenoxy) is 6. The van der Waals surface area contributed by atoms with Crippen LogP contribution in [-0.2, 0) is 38.5 Å². The van der Waals surface area contributed by atoms with E-state index in [-0.39, 0.29) is 23.0 Å². The first-order valence-corrected chi connectivity index (χ1v) is 22.7. The molecule has 1 aromatic rings. The Morgan fingerprint density at radius 1 is 0.857 bits per heavy atom. The number of amidine groups is 1. The molecule has 4 rings (SSSR count). The molecule has 0 unspecified atom stereocenters. The van der Waals surface area contributed by atoms with Crippen LogP contribution in [0.1, 0.15) is 96.4 Å². The fourth-order valence-corrected chi connectivity index (χ4v) is 8.64. The minimum Gasteiger partial charge on any atom is -0.497 e. The minimum atomic E-state index is -4.25. The van der Waals surface area contributed by atoms with E-state index < -0.39 is 105 Å². The number of nitrogens with one attached hydrogen (secondary N) is 2. The largest absolute Gasteiger partial charge is 0.497 e. The normalized spacial score (nSPS) is 22.4. The summed E-state index contributed by atoms with van der Waals surface area (Å²) < 4.78 is 63.9. The van der Waals surface area contributed by atoms with E-state index in [1.807, 2.05) is 0 Å². The van der Waals surface area contributed by atoms with Gasteiger partial charge in [0, 0.05) is 19.9 Å². The SMILES string of the molecule is COc1ccc(S(=O)(=O)NC(=NC[C@H]2[C@@H]3N=C(NC(=O)OC(C)(C)C)N(C(=O)OC(C)(C)C)[C@@]34[C@@H](OC(C)=O)CCN4/C(=N\C(=O)OC(C)(C)C)N2C(=O)OC(C)(C)C)SC)cc1. The van der Waals surface area contributed by atoms with Crippen molar-refractivity contribution in [3.8, 4) is 5.75 Å². The van der Waals surface area contributed by atoms with E-state index in [0.29, 0.717) is 5.75 Å². The molecule has 350 valence electrons. The third-order valence-corrected chi connectivity index (χ3v) is 10.9. The number of thioether (sulfide) groups is 1. The first kappa shape index (κ1) is 50.3. The summed E-state index contributed by atoms with van der Waals surface area (Å²) in [5.74, 6) is -1.19. The van der Waals surface area contributed by atoms with Crippen LogP contribution < -0.4 is 14.8 Å². The molecule has 0 saturated carbocycles. The summed E-state index contributed by atoms with van der Waals surface area (Å²) in [7, 11) is -2.81. The number of benzene rings is 1. The molecule has 1 spiro atoms. The van der Waals surface area contributed by atoms with Gasteiger partial charge in [0.25, 0.3) is 10.0 Å². The lowest BCUT2D eigenvalue weighted by Crippen LogP contribution is -2.79. The molecular formula is C40H60N8O13S2. The third-order valence-electron chi connectivity index (χ3n) is 8.82. The number of hydrogen-bond acceptors (Lipinski definition) is 16. The van der Waals surface area contributed by atoms with Gasteiger partial charge < -0.3 is 33.3 Å². The van der Waals surface area contributed by atoms with Crippen LogP contribution in [0, 0.1) is 0 Å². The summed E-state index contributed by atoms with van der Waals surface area (Å²) in [6.45, 7) is 19.9. The first-order chi connectivity index (χ1) is 28.8. The monoisotopic (exact) mass is 924 g/mol. The molecule has 0 radical (unpaired) electrons. The molecular weight excluding hydrogens is 865 g/mol. The molecule has 63 heavy (non-hydrogen) atoms. The van der Waals surface area contributed by atoms with Crippen LogP contribution in [0.3, 0.4) is 0 Å². The smallest absolute Gasteiger partial charge is 0.437 e. The highest BCUT2D eigenvalue weighted by Gasteiger charge is 2.73. The van der Waals surface area contributed by atoms with Crippen molar-refractivity contribution in [2.45, 2.75) is 148 Å². The Morgan fingerprint density at radius 3 is 1.92 bits per heavy atom. The number of alkyl carbamates (subject to hydrolysis) is 1. The Labute approximate surface area is 372 Å². The van der Waals surface area contributed by atoms with Gasteiger partial charge in [-0.15, -0.1) is 4.99 Å². The van der Waals surface area contributed by atoms with Gasteiger partial charge in [-0.25, -0.2) is 42.4 Å². The second-order valence-electron chi connectivity index (χ2n) is 18.6. The van der Waals surface area contributed by atoms with Gasteiger partial charge in [-0.05, 0) is 114 Å². The molecule has 3 heterocycles. The first-order valence-electron chi connectivity index (χ1n) is 20.0. The molecule has 4 atom stereocenters. The number of hydrogen-bond donors (Lipinski definition) is 2. The lowest BCUT2D eigenvalue weighted by Gasteiger charge is -2.55. The van der Waals surface area contributed by atoms with E-state index in [4.69, 9.17) is 33.4 Å². The molecule has 0 aromatic heterocycles. The number of methoxy groups -OCH3 is 1. The van der Waals surface area contributed by atoms with Crippen LogP contribution >= 0.6 is 11.8 Å². The van der Waals surface area contributed by atoms with Gasteiger partial charge in [-0.3, -0.25) is 19.8 Å². The summed E-state index contributed by atoms with van der Waals surface area (Å²) in [6.07, 6.45) is -4.08. The summed E-state index contributed by atoms with van der Waals surface area (Å²) in [5.41, 5.74) is -6.42. The molecule has 4 amide bonds. The zero-order valence-corrected chi connectivity index (χ0v) is 40.1. The fourth-order valence-electron chi connectivity index (χ4n) is 6.87. The van der Waals surface area contributed by atoms with Crippen molar-refractivity contribution >= 4 is 69.2 Å². The molecule has 3 aliphatic heterocycles. The lowest BCUT2D eigenvalue weighted by atomic mass is 9.85. The van der Waals surface area contributed by atoms with Crippen molar-refractivity contribution in [1.29, 1.82) is 0 Å². The lowest BCUT2D eigenvalue weighted by molar-refractivity contribution is -0.158. The van der Waals surface area contributed by atoms with Crippen LogP contribution in [0.25, 0.3) is 0 Å². The van der Waals surface area contributed by atoms with Crippen LogP contribution in [0.4, 0.5) is 19.2 Å². The fraction of sp³-hybridized carbons (Fsp3) is 0.650. The van der Waals surface area contributed by atoms with E-state index in [9.17, 15) is 32.4 Å². The average Bonchev–Trinajstić information content (AvgIpc) is 3.63. The quantitative estimate of drug-likeness (QED) is 0.156. The Hall–Kier alpha value is -5.32. The van der Waals surface area contributed by atoms with Crippen LogP contribution in [0.15, 0.2) is 44.1 Å². The highest BCUT2D eigenvalue weighted by Crippen LogP contribution is 2.49. The van der Waals surface area contributed by atoms with Crippen molar-refractivity contribution in [1.82, 2.24) is 24.7 Å². The summed E-state index contributed by atoms with van der Waals surface area (Å²) in [4.78, 5) is 86.8. The van der Waals surface area contributed by atoms with E-state index in [0.717, 1.165) is 28.5 Å². The van der Waals surface area contributed by atoms with Gasteiger partial charge in [0.1, 0.15) is 40.3 Å². The number of amides is 4. The second-order valence-corrected chi connectivity index (χ2v) is 21.1. The maximum absolute atomic E-state index is 14.7. The number of sulfonamides is 1. The van der Waals surface area contributed by atoms with Gasteiger partial charge in [0.2, 0.25) is 11.9 Å². The molecule has 23 heteroatoms. The van der Waals surface area contributed by atoms with E-state index in [1.165, 1.54) is 36.3 Å². The maximum atomic E-state index is 14.7. The van der Waals surface area contributed by atoms with Crippen molar-refractivity contribution in [2.24, 2.45) is 15.0 Å². The van der Waals surface area contributed by atoms with Crippen molar-refractivity contribution in [3.05, 3.63) is 24.3 Å². The Kier molecular flexibility index (Phi) is 14.7. The summed E-state index contributed by atoms with van der Waals surface area (Å²) in [5, 5.41) is 2.41. The topological polar surface area (TPSA) is 246 Å². The Balaban J connectivity index is 2.09. The van der Waals surface area contributed by atoms with E-state index >= 15 is 0 Å². The molecule has 0 bridgehead atoms.